The molecule has 2 N–H and O–H groups in total. The predicted octanol–water partition coefficient (Wildman–Crippen LogP) is 4.78. The monoisotopic (exact) mass is 465 g/mol. The number of nitrogens with one attached hydrogen (secondary N) is 2. The van der Waals surface area contributed by atoms with Gasteiger partial charge in [0.2, 0.25) is 0 Å². The summed E-state index contributed by atoms with van der Waals surface area (Å²) < 4.78 is 6.14. The molecule has 0 heterocycles. The van der Waals surface area contributed by atoms with Crippen molar-refractivity contribution in [1.29, 1.82) is 0 Å². The van der Waals surface area contributed by atoms with E-state index in [-0.39, 0.29) is 5.91 Å². The van der Waals surface area contributed by atoms with E-state index >= 15 is 0 Å². The van der Waals surface area contributed by atoms with Crippen molar-refractivity contribution in [3.8, 4) is 5.75 Å². The summed E-state index contributed by atoms with van der Waals surface area (Å²) in [5.41, 5.74) is 5.71. The van der Waals surface area contributed by atoms with Gasteiger partial charge in [-0.25, -0.2) is 5.43 Å². The molecule has 0 unspecified atom stereocenters. The number of benzene rings is 3. The van der Waals surface area contributed by atoms with Crippen molar-refractivity contribution in [1.82, 2.24) is 5.43 Å². The standard InChI is InChI=1S/C23H20BrN3O3/c1-15-6-8-16(9-7-15)22(28)26-20-5-3-4-17(13-20)23(29)27-25-14-18-12-19(24)10-11-21(18)30-2/h3-14H,1-2H3,(H,26,28)(H,27,29). The Morgan fingerprint density at radius 1 is 0.967 bits per heavy atom. The number of carbonyl (C=O) groups is 2. The third-order valence-electron chi connectivity index (χ3n) is 4.26. The van der Waals surface area contributed by atoms with Gasteiger partial charge in [-0.1, -0.05) is 39.7 Å². The molecule has 0 aliphatic carbocycles. The van der Waals surface area contributed by atoms with Crippen molar-refractivity contribution < 1.29 is 14.3 Å². The lowest BCUT2D eigenvalue weighted by Crippen LogP contribution is -2.18. The zero-order chi connectivity index (χ0) is 21.5. The largest absolute Gasteiger partial charge is 0.496 e. The summed E-state index contributed by atoms with van der Waals surface area (Å²) in [5, 5.41) is 6.80. The number of amides is 2. The summed E-state index contributed by atoms with van der Waals surface area (Å²) >= 11 is 3.39. The van der Waals surface area contributed by atoms with Crippen LogP contribution >= 0.6 is 15.9 Å². The normalized spacial score (nSPS) is 10.6. The zero-order valence-electron chi connectivity index (χ0n) is 16.5. The van der Waals surface area contributed by atoms with E-state index in [0.717, 1.165) is 10.0 Å². The molecule has 7 heteroatoms. The van der Waals surface area contributed by atoms with Crippen LogP contribution in [0.3, 0.4) is 0 Å². The van der Waals surface area contributed by atoms with Crippen LogP contribution in [0.1, 0.15) is 31.8 Å². The number of hydrogen-bond acceptors (Lipinski definition) is 4. The number of anilines is 1. The van der Waals surface area contributed by atoms with E-state index in [4.69, 9.17) is 4.74 Å². The third-order valence-corrected chi connectivity index (χ3v) is 4.75. The molecule has 0 aromatic heterocycles. The molecule has 0 radical (unpaired) electrons. The molecule has 0 saturated heterocycles. The number of carbonyl (C=O) groups excluding carboxylic acids is 2. The van der Waals surface area contributed by atoms with Gasteiger partial charge in [0.05, 0.1) is 13.3 Å². The molecule has 0 spiro atoms. The van der Waals surface area contributed by atoms with Crippen LogP contribution in [0, 0.1) is 6.92 Å². The second-order valence-corrected chi connectivity index (χ2v) is 7.40. The quantitative estimate of drug-likeness (QED) is 0.405. The van der Waals surface area contributed by atoms with Gasteiger partial charge in [0.15, 0.2) is 0 Å². The molecule has 0 saturated carbocycles. The maximum atomic E-state index is 12.4. The molecule has 0 bridgehead atoms. The van der Waals surface area contributed by atoms with E-state index in [2.05, 4.69) is 31.8 Å². The van der Waals surface area contributed by atoms with Crippen LogP contribution in [-0.2, 0) is 0 Å². The van der Waals surface area contributed by atoms with Crippen molar-refractivity contribution in [2.45, 2.75) is 6.92 Å². The Bertz CT molecular complexity index is 1100. The van der Waals surface area contributed by atoms with E-state index in [1.165, 1.54) is 6.21 Å². The summed E-state index contributed by atoms with van der Waals surface area (Å²) in [6.07, 6.45) is 1.50. The molecular weight excluding hydrogens is 446 g/mol. The van der Waals surface area contributed by atoms with Crippen molar-refractivity contribution in [2.75, 3.05) is 12.4 Å². The minimum atomic E-state index is -0.397. The van der Waals surface area contributed by atoms with Crippen LogP contribution in [0.15, 0.2) is 76.3 Å². The minimum Gasteiger partial charge on any atom is -0.496 e. The van der Waals surface area contributed by atoms with Gasteiger partial charge in [-0.15, -0.1) is 0 Å². The van der Waals surface area contributed by atoms with Gasteiger partial charge in [0.25, 0.3) is 11.8 Å². The molecular formula is C23H20BrN3O3. The van der Waals surface area contributed by atoms with E-state index in [1.807, 2.05) is 31.2 Å². The molecule has 3 aromatic carbocycles. The fourth-order valence-corrected chi connectivity index (χ4v) is 3.06. The lowest BCUT2D eigenvalue weighted by molar-refractivity contribution is 0.0953. The van der Waals surface area contributed by atoms with E-state index in [0.29, 0.717) is 28.1 Å². The average Bonchev–Trinajstić information content (AvgIpc) is 2.74. The molecule has 0 fully saturated rings. The van der Waals surface area contributed by atoms with Gasteiger partial charge >= 0.3 is 0 Å². The first-order chi connectivity index (χ1) is 14.5. The van der Waals surface area contributed by atoms with Crippen molar-refractivity contribution in [3.63, 3.8) is 0 Å². The highest BCUT2D eigenvalue weighted by molar-refractivity contribution is 9.10. The average molecular weight is 466 g/mol. The number of ether oxygens (including phenoxy) is 1. The Kier molecular flexibility index (Phi) is 6.98. The highest BCUT2D eigenvalue weighted by atomic mass is 79.9. The van der Waals surface area contributed by atoms with E-state index in [1.54, 1.807) is 49.6 Å². The van der Waals surface area contributed by atoms with Crippen molar-refractivity contribution in [2.24, 2.45) is 5.10 Å². The number of nitrogens with zero attached hydrogens (tertiary/aromatic N) is 1. The summed E-state index contributed by atoms with van der Waals surface area (Å²) in [6, 6.07) is 19.4. The molecule has 30 heavy (non-hydrogen) atoms. The second-order valence-electron chi connectivity index (χ2n) is 6.49. The minimum absolute atomic E-state index is 0.243. The van der Waals surface area contributed by atoms with Gasteiger partial charge in [0.1, 0.15) is 5.75 Å². The first kappa shape index (κ1) is 21.3. The fraction of sp³-hybridized carbons (Fsp3) is 0.0870. The van der Waals surface area contributed by atoms with E-state index < -0.39 is 5.91 Å². The summed E-state index contributed by atoms with van der Waals surface area (Å²) in [4.78, 5) is 24.8. The predicted molar refractivity (Wildman–Crippen MR) is 121 cm³/mol. The van der Waals surface area contributed by atoms with E-state index in [9.17, 15) is 9.59 Å². The Morgan fingerprint density at radius 3 is 2.47 bits per heavy atom. The molecule has 3 rings (SSSR count). The Morgan fingerprint density at radius 2 is 1.73 bits per heavy atom. The SMILES string of the molecule is COc1ccc(Br)cc1C=NNC(=O)c1cccc(NC(=O)c2ccc(C)cc2)c1. The summed E-state index contributed by atoms with van der Waals surface area (Å²) in [7, 11) is 1.57. The maximum Gasteiger partial charge on any atom is 0.271 e. The van der Waals surface area contributed by atoms with Crippen LogP contribution in [0.5, 0.6) is 5.75 Å². The van der Waals surface area contributed by atoms with Gasteiger partial charge in [0, 0.05) is 26.9 Å². The van der Waals surface area contributed by atoms with Crippen LogP contribution in [0.2, 0.25) is 0 Å². The molecule has 0 aliphatic heterocycles. The number of rotatable bonds is 6. The zero-order valence-corrected chi connectivity index (χ0v) is 18.1. The smallest absolute Gasteiger partial charge is 0.271 e. The van der Waals surface area contributed by atoms with Crippen LogP contribution in [-0.4, -0.2) is 25.1 Å². The topological polar surface area (TPSA) is 79.8 Å². The number of hydrogen-bond donors (Lipinski definition) is 2. The second kappa shape index (κ2) is 9.84. The highest BCUT2D eigenvalue weighted by Crippen LogP contribution is 2.21. The molecule has 0 atom stereocenters. The fourth-order valence-electron chi connectivity index (χ4n) is 2.68. The third kappa shape index (κ3) is 5.55. The Labute approximate surface area is 183 Å². The first-order valence-corrected chi connectivity index (χ1v) is 9.90. The van der Waals surface area contributed by atoms with Gasteiger partial charge in [-0.2, -0.15) is 5.10 Å². The van der Waals surface area contributed by atoms with Crippen molar-refractivity contribution in [3.05, 3.63) is 93.5 Å². The molecule has 0 aliphatic rings. The van der Waals surface area contributed by atoms with Crippen molar-refractivity contribution >= 4 is 39.6 Å². The first-order valence-electron chi connectivity index (χ1n) is 9.11. The summed E-state index contributed by atoms with van der Waals surface area (Å²) in [5.74, 6) is -0.00371. The number of methoxy groups -OCH3 is 1. The lowest BCUT2D eigenvalue weighted by atomic mass is 10.1. The number of halogens is 1. The van der Waals surface area contributed by atoms with Gasteiger partial charge < -0.3 is 10.1 Å². The van der Waals surface area contributed by atoms with Gasteiger partial charge in [-0.3, -0.25) is 9.59 Å². The Balaban J connectivity index is 1.66. The molecule has 6 nitrogen and oxygen atoms in total. The molecule has 3 aromatic rings. The molecule has 152 valence electrons. The molecule has 2 amide bonds. The van der Waals surface area contributed by atoms with Gasteiger partial charge in [-0.05, 0) is 55.5 Å². The maximum absolute atomic E-state index is 12.4. The highest BCUT2D eigenvalue weighted by Gasteiger charge is 2.09. The number of hydrazone groups is 1. The lowest BCUT2D eigenvalue weighted by Gasteiger charge is -2.07. The summed E-state index contributed by atoms with van der Waals surface area (Å²) in [6.45, 7) is 1.96. The van der Waals surface area contributed by atoms with Crippen LogP contribution < -0.4 is 15.5 Å². The van der Waals surface area contributed by atoms with Crippen LogP contribution in [0.25, 0.3) is 0 Å². The van der Waals surface area contributed by atoms with Crippen LogP contribution in [0.4, 0.5) is 5.69 Å². The number of aryl methyl sites for hydroxylation is 1. The Hall–Kier alpha value is -3.45.